The Morgan fingerprint density at radius 1 is 1.08 bits per heavy atom. The lowest BCUT2D eigenvalue weighted by molar-refractivity contribution is -0.121. The maximum absolute atomic E-state index is 13.5. The van der Waals surface area contributed by atoms with Crippen molar-refractivity contribution in [2.45, 2.75) is 23.5 Å². The van der Waals surface area contributed by atoms with Crippen LogP contribution in [0.25, 0.3) is 10.2 Å². The number of aromatic nitrogens is 1. The van der Waals surface area contributed by atoms with Gasteiger partial charge in [0.15, 0.2) is 16.6 Å². The quantitative estimate of drug-likeness (QED) is 0.345. The summed E-state index contributed by atoms with van der Waals surface area (Å²) in [6, 6.07) is 19.4. The van der Waals surface area contributed by atoms with E-state index >= 15 is 0 Å². The number of aryl methyl sites for hydroxylation is 1. The zero-order valence-corrected chi connectivity index (χ0v) is 21.7. The number of fused-ring (bicyclic) bond motifs is 2. The Balaban J connectivity index is 1.39. The lowest BCUT2D eigenvalue weighted by Crippen LogP contribution is -2.38. The summed E-state index contributed by atoms with van der Waals surface area (Å²) >= 11 is 3.03. The van der Waals surface area contributed by atoms with Crippen LogP contribution in [0.5, 0.6) is 11.5 Å². The van der Waals surface area contributed by atoms with Gasteiger partial charge in [0.25, 0.3) is 0 Å². The van der Waals surface area contributed by atoms with E-state index in [1.165, 1.54) is 11.3 Å². The fourth-order valence-corrected chi connectivity index (χ4v) is 6.43. The number of hydrogen-bond acceptors (Lipinski definition) is 7. The molecule has 9 heteroatoms. The Bertz CT molecular complexity index is 1450. The van der Waals surface area contributed by atoms with Gasteiger partial charge in [-0.25, -0.2) is 4.98 Å². The van der Waals surface area contributed by atoms with Crippen LogP contribution >= 0.6 is 23.1 Å². The molecule has 0 spiro atoms. The Hall–Kier alpha value is -3.56. The van der Waals surface area contributed by atoms with Crippen molar-refractivity contribution in [2.75, 3.05) is 31.0 Å². The molecule has 0 fully saturated rings. The van der Waals surface area contributed by atoms with Crippen LogP contribution in [0, 0.1) is 6.92 Å². The molecule has 1 aliphatic rings. The number of carbonyl (C=O) groups is 2. The lowest BCUT2D eigenvalue weighted by Gasteiger charge is -2.21. The number of thioether (sulfide) groups is 1. The molecule has 4 aromatic rings. The topological polar surface area (TPSA) is 80.8 Å². The zero-order chi connectivity index (χ0) is 25.2. The minimum Gasteiger partial charge on any atom is -0.493 e. The van der Waals surface area contributed by atoms with Crippen LogP contribution < -0.4 is 19.7 Å². The van der Waals surface area contributed by atoms with E-state index < -0.39 is 0 Å². The molecule has 0 radical (unpaired) electrons. The average molecular weight is 520 g/mol. The normalized spacial score (nSPS) is 15.4. The Morgan fingerprint density at radius 3 is 2.69 bits per heavy atom. The number of hydrogen-bond donors (Lipinski definition) is 1. The summed E-state index contributed by atoms with van der Waals surface area (Å²) in [5.74, 6) is 0.837. The van der Waals surface area contributed by atoms with Crippen LogP contribution in [0.1, 0.15) is 22.8 Å². The molecule has 2 amide bonds. The predicted octanol–water partition coefficient (Wildman–Crippen LogP) is 5.83. The first-order valence-corrected chi connectivity index (χ1v) is 13.1. The molecule has 0 aliphatic carbocycles. The summed E-state index contributed by atoms with van der Waals surface area (Å²) in [5, 5.41) is 3.26. The average Bonchev–Trinajstić information content (AvgIpc) is 3.21. The number of ether oxygens (including phenoxy) is 2. The highest BCUT2D eigenvalue weighted by molar-refractivity contribution is 7.99. The van der Waals surface area contributed by atoms with Crippen LogP contribution in [-0.4, -0.2) is 37.6 Å². The van der Waals surface area contributed by atoms with Crippen molar-refractivity contribution < 1.29 is 19.1 Å². The summed E-state index contributed by atoms with van der Waals surface area (Å²) in [6.45, 7) is 1.93. The van der Waals surface area contributed by atoms with E-state index in [9.17, 15) is 9.59 Å². The van der Waals surface area contributed by atoms with Gasteiger partial charge in [-0.2, -0.15) is 0 Å². The smallest absolute Gasteiger partial charge is 0.246 e. The minimum atomic E-state index is -0.288. The van der Waals surface area contributed by atoms with Gasteiger partial charge in [0.2, 0.25) is 11.8 Å². The monoisotopic (exact) mass is 519 g/mol. The molecule has 1 unspecified atom stereocenters. The van der Waals surface area contributed by atoms with Crippen LogP contribution in [0.3, 0.4) is 0 Å². The molecule has 5 rings (SSSR count). The highest BCUT2D eigenvalue weighted by atomic mass is 32.2. The molecule has 7 nitrogen and oxygen atoms in total. The molecule has 2 heterocycles. The number of benzene rings is 3. The molecule has 0 saturated carbocycles. The number of para-hydroxylation sites is 1. The van der Waals surface area contributed by atoms with Crippen molar-refractivity contribution in [1.29, 1.82) is 0 Å². The lowest BCUT2D eigenvalue weighted by atomic mass is 10.1. The van der Waals surface area contributed by atoms with Gasteiger partial charge in [-0.1, -0.05) is 35.6 Å². The molecule has 1 aromatic heterocycles. The number of amides is 2. The zero-order valence-electron chi connectivity index (χ0n) is 20.1. The van der Waals surface area contributed by atoms with Crippen molar-refractivity contribution in [1.82, 2.24) is 4.98 Å². The van der Waals surface area contributed by atoms with Crippen LogP contribution in [0.4, 0.5) is 10.8 Å². The highest BCUT2D eigenvalue weighted by Gasteiger charge is 2.31. The van der Waals surface area contributed by atoms with Gasteiger partial charge in [-0.05, 0) is 54.4 Å². The first kappa shape index (κ1) is 24.1. The summed E-state index contributed by atoms with van der Waals surface area (Å²) < 4.78 is 11.8. The number of methoxy groups -OCH3 is 2. The van der Waals surface area contributed by atoms with Gasteiger partial charge in [0, 0.05) is 16.6 Å². The van der Waals surface area contributed by atoms with Gasteiger partial charge in [-0.3, -0.25) is 9.59 Å². The van der Waals surface area contributed by atoms with E-state index in [-0.39, 0.29) is 30.0 Å². The van der Waals surface area contributed by atoms with Crippen LogP contribution in [0.2, 0.25) is 0 Å². The Labute approximate surface area is 217 Å². The number of thiazole rings is 1. The minimum absolute atomic E-state index is 0.0932. The molecule has 1 N–H and O–H groups in total. The van der Waals surface area contributed by atoms with E-state index in [0.29, 0.717) is 16.6 Å². The maximum Gasteiger partial charge on any atom is 0.246 e. The van der Waals surface area contributed by atoms with Crippen molar-refractivity contribution in [2.24, 2.45) is 0 Å². The summed E-state index contributed by atoms with van der Waals surface area (Å²) in [5.41, 5.74) is 3.66. The van der Waals surface area contributed by atoms with Crippen molar-refractivity contribution >= 4 is 55.9 Å². The second-order valence-corrected chi connectivity index (χ2v) is 10.7. The highest BCUT2D eigenvalue weighted by Crippen LogP contribution is 2.46. The van der Waals surface area contributed by atoms with Crippen LogP contribution in [0.15, 0.2) is 65.6 Å². The SMILES string of the molecule is COc1ccc(C2CC(=O)N(CC(=O)Nc3nc4ccc(C)cc4s3)c3ccccc3S2)cc1OC. The van der Waals surface area contributed by atoms with Crippen molar-refractivity contribution in [3.63, 3.8) is 0 Å². The van der Waals surface area contributed by atoms with Crippen molar-refractivity contribution in [3.8, 4) is 11.5 Å². The van der Waals surface area contributed by atoms with Gasteiger partial charge in [0.1, 0.15) is 6.54 Å². The molecule has 0 bridgehead atoms. The predicted molar refractivity (Wildman–Crippen MR) is 145 cm³/mol. The largest absolute Gasteiger partial charge is 0.493 e. The maximum atomic E-state index is 13.5. The van der Waals surface area contributed by atoms with Gasteiger partial charge in [-0.15, -0.1) is 11.8 Å². The first-order chi connectivity index (χ1) is 17.4. The second kappa shape index (κ2) is 10.2. The molecule has 0 saturated heterocycles. The number of nitrogens with one attached hydrogen (secondary N) is 1. The van der Waals surface area contributed by atoms with E-state index in [1.54, 1.807) is 30.9 Å². The Kier molecular flexibility index (Phi) is 6.84. The third-order valence-corrected chi connectivity index (χ3v) is 8.21. The van der Waals surface area contributed by atoms with E-state index in [2.05, 4.69) is 10.3 Å². The summed E-state index contributed by atoms with van der Waals surface area (Å²) in [6.07, 6.45) is 0.239. The third-order valence-electron chi connectivity index (χ3n) is 5.96. The number of carbonyl (C=O) groups excluding carboxylic acids is 2. The number of anilines is 2. The third kappa shape index (κ3) is 4.89. The van der Waals surface area contributed by atoms with E-state index in [4.69, 9.17) is 9.47 Å². The molecule has 184 valence electrons. The first-order valence-electron chi connectivity index (χ1n) is 11.4. The molecule has 36 heavy (non-hydrogen) atoms. The second-order valence-electron chi connectivity index (χ2n) is 8.41. The fraction of sp³-hybridized carbons (Fsp3) is 0.222. The van der Waals surface area contributed by atoms with E-state index in [0.717, 1.165) is 31.9 Å². The van der Waals surface area contributed by atoms with Gasteiger partial charge >= 0.3 is 0 Å². The Morgan fingerprint density at radius 2 is 1.89 bits per heavy atom. The van der Waals surface area contributed by atoms with Crippen LogP contribution in [-0.2, 0) is 9.59 Å². The number of rotatable bonds is 6. The molecular formula is C27H25N3O4S2. The van der Waals surface area contributed by atoms with Gasteiger partial charge < -0.3 is 19.7 Å². The molecule has 1 atom stereocenters. The molecular weight excluding hydrogens is 494 g/mol. The van der Waals surface area contributed by atoms with Crippen molar-refractivity contribution in [3.05, 3.63) is 71.8 Å². The fourth-order valence-electron chi connectivity index (χ4n) is 4.18. The molecule has 3 aromatic carbocycles. The standard InChI is InChI=1S/C27H25N3O4S2/c1-16-8-10-18-24(12-16)36-27(28-18)29-25(31)15-30-19-6-4-5-7-22(19)35-23(14-26(30)32)17-9-11-20(33-2)21(13-17)34-3/h4-13,23H,14-15H2,1-3H3,(H,28,29,31). The van der Waals surface area contributed by atoms with Gasteiger partial charge in [0.05, 0.1) is 30.1 Å². The molecule has 1 aliphatic heterocycles. The summed E-state index contributed by atoms with van der Waals surface area (Å²) in [7, 11) is 3.19. The van der Waals surface area contributed by atoms with E-state index in [1.807, 2.05) is 67.6 Å². The number of nitrogens with zero attached hydrogens (tertiary/aromatic N) is 2. The summed E-state index contributed by atoms with van der Waals surface area (Å²) in [4.78, 5) is 33.5.